The first-order valence-electron chi connectivity index (χ1n) is 9.66. The number of pyridine rings is 2. The zero-order valence-electron chi connectivity index (χ0n) is 15.8. The molecule has 6 aromatic rings. The van der Waals surface area contributed by atoms with Gasteiger partial charge in [0.2, 0.25) is 0 Å². The number of hydrogen-bond acceptors (Lipinski definition) is 3. The van der Waals surface area contributed by atoms with E-state index in [0.717, 1.165) is 49.9 Å². The van der Waals surface area contributed by atoms with Crippen molar-refractivity contribution in [2.45, 2.75) is 0 Å². The van der Waals surface area contributed by atoms with E-state index in [1.165, 1.54) is 12.1 Å². The van der Waals surface area contributed by atoms with Crippen LogP contribution >= 0.6 is 0 Å². The molecule has 0 aliphatic heterocycles. The summed E-state index contributed by atoms with van der Waals surface area (Å²) in [5, 5.41) is 1.92. The van der Waals surface area contributed by atoms with Crippen LogP contribution in [0.4, 0.5) is 4.39 Å². The van der Waals surface area contributed by atoms with Crippen molar-refractivity contribution >= 4 is 32.8 Å². The SMILES string of the molecule is Fc1ccc(-c2nc3c4cccnc4c4ncccc4c3n2-c2ccccc2)cc1. The molecule has 3 aromatic carbocycles. The maximum absolute atomic E-state index is 13.6. The smallest absolute Gasteiger partial charge is 0.145 e. The van der Waals surface area contributed by atoms with Crippen molar-refractivity contribution in [2.24, 2.45) is 0 Å². The standard InChI is InChI=1S/C25H15FN4/c26-17-12-10-16(11-13-17)25-29-23-19-8-4-14-27-21(19)22-20(9-5-15-28-22)24(23)30(25)18-6-2-1-3-7-18/h1-15H. The number of nitrogens with zero attached hydrogens (tertiary/aromatic N) is 4. The van der Waals surface area contributed by atoms with Gasteiger partial charge in [0, 0.05) is 34.4 Å². The number of benzene rings is 3. The second-order valence-corrected chi connectivity index (χ2v) is 7.11. The van der Waals surface area contributed by atoms with E-state index in [1.807, 2.05) is 54.6 Å². The van der Waals surface area contributed by atoms with Crippen molar-refractivity contribution in [1.82, 2.24) is 19.5 Å². The van der Waals surface area contributed by atoms with Crippen molar-refractivity contribution in [3.8, 4) is 17.1 Å². The molecule has 0 N–H and O–H groups in total. The van der Waals surface area contributed by atoms with Crippen molar-refractivity contribution in [2.75, 3.05) is 0 Å². The van der Waals surface area contributed by atoms with Crippen LogP contribution in [-0.2, 0) is 0 Å². The first kappa shape index (κ1) is 16.8. The number of fused-ring (bicyclic) bond motifs is 6. The second kappa shape index (κ2) is 6.46. The number of rotatable bonds is 2. The highest BCUT2D eigenvalue weighted by Gasteiger charge is 2.20. The van der Waals surface area contributed by atoms with Crippen LogP contribution in [0, 0.1) is 5.82 Å². The van der Waals surface area contributed by atoms with Crippen LogP contribution in [0.25, 0.3) is 49.9 Å². The first-order chi connectivity index (χ1) is 14.8. The fourth-order valence-corrected chi connectivity index (χ4v) is 4.05. The Bertz CT molecular complexity index is 1540. The Labute approximate surface area is 171 Å². The highest BCUT2D eigenvalue weighted by molar-refractivity contribution is 6.21. The molecule has 0 saturated carbocycles. The highest BCUT2D eigenvalue weighted by atomic mass is 19.1. The molecule has 0 radical (unpaired) electrons. The van der Waals surface area contributed by atoms with Gasteiger partial charge in [-0.1, -0.05) is 18.2 Å². The first-order valence-corrected chi connectivity index (χ1v) is 9.66. The summed E-state index contributed by atoms with van der Waals surface area (Å²) < 4.78 is 15.7. The van der Waals surface area contributed by atoms with Gasteiger partial charge in [0.1, 0.15) is 11.6 Å². The maximum atomic E-state index is 13.6. The van der Waals surface area contributed by atoms with E-state index < -0.39 is 0 Å². The second-order valence-electron chi connectivity index (χ2n) is 7.11. The van der Waals surface area contributed by atoms with Crippen LogP contribution in [0.3, 0.4) is 0 Å². The number of halogens is 1. The fourth-order valence-electron chi connectivity index (χ4n) is 4.05. The molecule has 30 heavy (non-hydrogen) atoms. The van der Waals surface area contributed by atoms with Crippen molar-refractivity contribution in [3.05, 3.63) is 97.1 Å². The van der Waals surface area contributed by atoms with Gasteiger partial charge in [-0.15, -0.1) is 0 Å². The average Bonchev–Trinajstić information content (AvgIpc) is 3.21. The van der Waals surface area contributed by atoms with E-state index in [-0.39, 0.29) is 5.82 Å². The fraction of sp³-hybridized carbons (Fsp3) is 0. The third kappa shape index (κ3) is 2.42. The van der Waals surface area contributed by atoms with Gasteiger partial charge in [0.05, 0.1) is 22.1 Å². The van der Waals surface area contributed by atoms with Crippen LogP contribution in [0.5, 0.6) is 0 Å². The van der Waals surface area contributed by atoms with Crippen molar-refractivity contribution < 1.29 is 4.39 Å². The number of imidazole rings is 1. The molecule has 3 heterocycles. The molecule has 0 aliphatic rings. The molecule has 0 bridgehead atoms. The van der Waals surface area contributed by atoms with Crippen LogP contribution < -0.4 is 0 Å². The molecule has 142 valence electrons. The minimum Gasteiger partial charge on any atom is -0.292 e. The van der Waals surface area contributed by atoms with Gasteiger partial charge in [-0.3, -0.25) is 14.5 Å². The molecular formula is C25H15FN4. The maximum Gasteiger partial charge on any atom is 0.145 e. The monoisotopic (exact) mass is 390 g/mol. The number of aromatic nitrogens is 4. The van der Waals surface area contributed by atoms with Gasteiger partial charge < -0.3 is 0 Å². The zero-order valence-corrected chi connectivity index (χ0v) is 15.8. The predicted octanol–water partition coefficient (Wildman–Crippen LogP) is 5.93. The van der Waals surface area contributed by atoms with Crippen LogP contribution in [0.15, 0.2) is 91.3 Å². The lowest BCUT2D eigenvalue weighted by Gasteiger charge is -2.11. The summed E-state index contributed by atoms with van der Waals surface area (Å²) in [4.78, 5) is 14.3. The molecule has 5 heteroatoms. The van der Waals surface area contributed by atoms with Crippen LogP contribution in [0.1, 0.15) is 0 Å². The van der Waals surface area contributed by atoms with Gasteiger partial charge in [0.25, 0.3) is 0 Å². The van der Waals surface area contributed by atoms with Gasteiger partial charge >= 0.3 is 0 Å². The summed E-state index contributed by atoms with van der Waals surface area (Å²) in [6, 6.07) is 24.4. The minimum atomic E-state index is -0.273. The van der Waals surface area contributed by atoms with Crippen molar-refractivity contribution in [3.63, 3.8) is 0 Å². The molecule has 4 nitrogen and oxygen atoms in total. The molecule has 0 atom stereocenters. The van der Waals surface area contributed by atoms with Crippen LogP contribution in [0.2, 0.25) is 0 Å². The normalized spacial score (nSPS) is 11.5. The Kier molecular flexibility index (Phi) is 3.62. The summed E-state index contributed by atoms with van der Waals surface area (Å²) in [6.45, 7) is 0. The Morgan fingerprint density at radius 2 is 1.30 bits per heavy atom. The summed E-state index contributed by atoms with van der Waals surface area (Å²) in [6.07, 6.45) is 3.56. The third-order valence-electron chi connectivity index (χ3n) is 5.34. The molecule has 0 fully saturated rings. The van der Waals surface area contributed by atoms with Crippen LogP contribution in [-0.4, -0.2) is 19.5 Å². The molecular weight excluding hydrogens is 375 g/mol. The van der Waals surface area contributed by atoms with Gasteiger partial charge in [-0.25, -0.2) is 9.37 Å². The lowest BCUT2D eigenvalue weighted by Crippen LogP contribution is -1.98. The molecule has 6 rings (SSSR count). The summed E-state index contributed by atoms with van der Waals surface area (Å²) >= 11 is 0. The lowest BCUT2D eigenvalue weighted by molar-refractivity contribution is 0.628. The molecule has 0 spiro atoms. The zero-order chi connectivity index (χ0) is 20.1. The van der Waals surface area contributed by atoms with E-state index in [1.54, 1.807) is 24.5 Å². The van der Waals surface area contributed by atoms with Crippen molar-refractivity contribution in [1.29, 1.82) is 0 Å². The number of para-hydroxylation sites is 1. The average molecular weight is 390 g/mol. The Balaban J connectivity index is 1.87. The Hall–Kier alpha value is -4.12. The van der Waals surface area contributed by atoms with E-state index >= 15 is 0 Å². The Morgan fingerprint density at radius 3 is 2.03 bits per heavy atom. The van der Waals surface area contributed by atoms with E-state index in [9.17, 15) is 4.39 Å². The summed E-state index contributed by atoms with van der Waals surface area (Å²) in [7, 11) is 0. The largest absolute Gasteiger partial charge is 0.292 e. The third-order valence-corrected chi connectivity index (χ3v) is 5.34. The molecule has 0 amide bonds. The van der Waals surface area contributed by atoms with Gasteiger partial charge in [-0.05, 0) is 60.7 Å². The number of hydrogen-bond donors (Lipinski definition) is 0. The van der Waals surface area contributed by atoms with E-state index in [2.05, 4.69) is 14.5 Å². The predicted molar refractivity (Wildman–Crippen MR) is 117 cm³/mol. The molecule has 0 saturated heterocycles. The lowest BCUT2D eigenvalue weighted by atomic mass is 10.1. The van der Waals surface area contributed by atoms with E-state index in [0.29, 0.717) is 0 Å². The highest BCUT2D eigenvalue weighted by Crippen LogP contribution is 2.37. The summed E-state index contributed by atoms with van der Waals surface area (Å²) in [5.41, 5.74) is 5.29. The minimum absolute atomic E-state index is 0.273. The topological polar surface area (TPSA) is 43.6 Å². The van der Waals surface area contributed by atoms with Gasteiger partial charge in [0.15, 0.2) is 0 Å². The quantitative estimate of drug-likeness (QED) is 0.344. The van der Waals surface area contributed by atoms with E-state index in [4.69, 9.17) is 4.98 Å². The molecule has 0 unspecified atom stereocenters. The van der Waals surface area contributed by atoms with Gasteiger partial charge in [-0.2, -0.15) is 0 Å². The Morgan fingerprint density at radius 1 is 0.633 bits per heavy atom. The summed E-state index contributed by atoms with van der Waals surface area (Å²) in [5.74, 6) is 0.475. The molecule has 0 aliphatic carbocycles. The molecule has 3 aromatic heterocycles.